The molecule has 0 saturated heterocycles. The Bertz CT molecular complexity index is 462. The Morgan fingerprint density at radius 3 is 2.52 bits per heavy atom. The number of hydrogen-bond donors (Lipinski definition) is 1. The molecular formula is C15H23ClN2O3. The Labute approximate surface area is 131 Å². The molecule has 5 nitrogen and oxygen atoms in total. The van der Waals surface area contributed by atoms with Gasteiger partial charge >= 0.3 is 0 Å². The summed E-state index contributed by atoms with van der Waals surface area (Å²) in [5, 5.41) is 12.0. The van der Waals surface area contributed by atoms with E-state index in [-0.39, 0.29) is 0 Å². The van der Waals surface area contributed by atoms with Crippen molar-refractivity contribution in [3.05, 3.63) is 22.7 Å². The fraction of sp³-hybridized carbons (Fsp3) is 0.533. The zero-order chi connectivity index (χ0) is 15.7. The minimum atomic E-state index is 0.440. The van der Waals surface area contributed by atoms with Gasteiger partial charge in [-0.2, -0.15) is 0 Å². The van der Waals surface area contributed by atoms with Crippen molar-refractivity contribution < 1.29 is 14.7 Å². The summed E-state index contributed by atoms with van der Waals surface area (Å²) in [5.74, 6) is 1.08. The van der Waals surface area contributed by atoms with Crippen molar-refractivity contribution in [3.8, 4) is 11.5 Å². The van der Waals surface area contributed by atoms with Crippen molar-refractivity contribution in [2.45, 2.75) is 20.8 Å². The molecule has 1 rings (SSSR count). The number of nitrogens with zero attached hydrogens (tertiary/aromatic N) is 2. The van der Waals surface area contributed by atoms with Crippen LogP contribution in [-0.4, -0.2) is 49.2 Å². The molecule has 0 radical (unpaired) electrons. The van der Waals surface area contributed by atoms with E-state index in [0.29, 0.717) is 35.3 Å². The number of likely N-dealkylation sites (N-methyl/N-ethyl adjacent to an activating group) is 1. The number of benzene rings is 1. The van der Waals surface area contributed by atoms with Crippen LogP contribution in [0.3, 0.4) is 0 Å². The van der Waals surface area contributed by atoms with Gasteiger partial charge in [-0.05, 0) is 32.1 Å². The van der Waals surface area contributed by atoms with Crippen LogP contribution in [0.15, 0.2) is 17.3 Å². The predicted molar refractivity (Wildman–Crippen MR) is 85.3 cm³/mol. The highest BCUT2D eigenvalue weighted by atomic mass is 35.5. The Balaban J connectivity index is 2.84. The maximum absolute atomic E-state index is 8.61. The average molecular weight is 315 g/mol. The molecule has 0 aromatic heterocycles. The minimum Gasteiger partial charge on any atom is -0.490 e. The van der Waals surface area contributed by atoms with E-state index in [1.165, 1.54) is 6.21 Å². The third-order valence-electron chi connectivity index (χ3n) is 3.09. The van der Waals surface area contributed by atoms with E-state index in [2.05, 4.69) is 23.9 Å². The quantitative estimate of drug-likeness (QED) is 0.432. The third-order valence-corrected chi connectivity index (χ3v) is 3.37. The van der Waals surface area contributed by atoms with E-state index in [0.717, 1.165) is 19.6 Å². The van der Waals surface area contributed by atoms with Crippen LogP contribution >= 0.6 is 11.6 Å². The topological polar surface area (TPSA) is 54.3 Å². The first kappa shape index (κ1) is 17.6. The molecule has 0 heterocycles. The fourth-order valence-corrected chi connectivity index (χ4v) is 2.22. The second-order valence-electron chi connectivity index (χ2n) is 4.38. The van der Waals surface area contributed by atoms with Gasteiger partial charge in [-0.3, -0.25) is 0 Å². The summed E-state index contributed by atoms with van der Waals surface area (Å²) in [6.07, 6.45) is 1.30. The highest BCUT2D eigenvalue weighted by molar-refractivity contribution is 6.32. The predicted octanol–water partition coefficient (Wildman–Crippen LogP) is 3.27. The molecule has 0 aliphatic rings. The molecule has 1 aromatic carbocycles. The Hall–Kier alpha value is -1.46. The van der Waals surface area contributed by atoms with Crippen LogP contribution in [0.5, 0.6) is 11.5 Å². The van der Waals surface area contributed by atoms with Gasteiger partial charge in [0.1, 0.15) is 6.61 Å². The van der Waals surface area contributed by atoms with Gasteiger partial charge in [0, 0.05) is 12.1 Å². The van der Waals surface area contributed by atoms with Gasteiger partial charge in [-0.25, -0.2) is 0 Å². The van der Waals surface area contributed by atoms with E-state index in [9.17, 15) is 0 Å². The summed E-state index contributed by atoms with van der Waals surface area (Å²) < 4.78 is 11.3. The van der Waals surface area contributed by atoms with Crippen LogP contribution in [0.4, 0.5) is 0 Å². The molecular weight excluding hydrogens is 292 g/mol. The molecule has 0 aliphatic heterocycles. The number of rotatable bonds is 9. The monoisotopic (exact) mass is 314 g/mol. The molecule has 6 heteroatoms. The summed E-state index contributed by atoms with van der Waals surface area (Å²) in [4.78, 5) is 2.26. The van der Waals surface area contributed by atoms with Gasteiger partial charge in [0.05, 0.1) is 17.8 Å². The largest absolute Gasteiger partial charge is 0.490 e. The first-order chi connectivity index (χ1) is 10.2. The lowest BCUT2D eigenvalue weighted by Gasteiger charge is -2.19. The molecule has 1 aromatic rings. The van der Waals surface area contributed by atoms with Crippen LogP contribution in [0, 0.1) is 0 Å². The van der Waals surface area contributed by atoms with Crippen LogP contribution in [0.1, 0.15) is 26.3 Å². The van der Waals surface area contributed by atoms with Crippen molar-refractivity contribution >= 4 is 17.8 Å². The Morgan fingerprint density at radius 2 is 1.95 bits per heavy atom. The van der Waals surface area contributed by atoms with Crippen LogP contribution in [0.2, 0.25) is 5.02 Å². The first-order valence-corrected chi connectivity index (χ1v) is 7.52. The summed E-state index contributed by atoms with van der Waals surface area (Å²) >= 11 is 6.23. The highest BCUT2D eigenvalue weighted by Crippen LogP contribution is 2.36. The minimum absolute atomic E-state index is 0.440. The zero-order valence-electron chi connectivity index (χ0n) is 12.8. The van der Waals surface area contributed by atoms with Crippen LogP contribution < -0.4 is 9.47 Å². The second kappa shape index (κ2) is 9.47. The molecule has 0 unspecified atom stereocenters. The van der Waals surface area contributed by atoms with Gasteiger partial charge in [0.25, 0.3) is 0 Å². The molecule has 0 spiro atoms. The zero-order valence-corrected chi connectivity index (χ0v) is 13.6. The standard InChI is InChI=1S/C15H23ClN2O3/c1-4-18(5-2)7-8-21-15-13(16)9-12(11-17-19)10-14(15)20-6-3/h9-11,19H,4-8H2,1-3H3. The third kappa shape index (κ3) is 5.44. The molecule has 0 bridgehead atoms. The molecule has 0 amide bonds. The number of hydrogen-bond acceptors (Lipinski definition) is 5. The van der Waals surface area contributed by atoms with E-state index in [1.807, 2.05) is 6.92 Å². The maximum Gasteiger partial charge on any atom is 0.179 e. The van der Waals surface area contributed by atoms with Crippen molar-refractivity contribution in [2.24, 2.45) is 5.16 Å². The molecule has 0 aliphatic carbocycles. The van der Waals surface area contributed by atoms with Gasteiger partial charge in [-0.1, -0.05) is 30.6 Å². The van der Waals surface area contributed by atoms with Crippen molar-refractivity contribution in [3.63, 3.8) is 0 Å². The first-order valence-electron chi connectivity index (χ1n) is 7.15. The van der Waals surface area contributed by atoms with Gasteiger partial charge in [0.15, 0.2) is 11.5 Å². The molecule has 0 fully saturated rings. The highest BCUT2D eigenvalue weighted by Gasteiger charge is 2.12. The number of oxime groups is 1. The van der Waals surface area contributed by atoms with Gasteiger partial charge < -0.3 is 19.6 Å². The SMILES string of the molecule is CCOc1cc(C=NO)cc(Cl)c1OCCN(CC)CC. The average Bonchev–Trinajstić information content (AvgIpc) is 2.46. The van der Waals surface area contributed by atoms with E-state index < -0.39 is 0 Å². The van der Waals surface area contributed by atoms with Crippen LogP contribution in [0.25, 0.3) is 0 Å². The summed E-state index contributed by atoms with van der Waals surface area (Å²) in [7, 11) is 0. The van der Waals surface area contributed by atoms with Crippen LogP contribution in [-0.2, 0) is 0 Å². The maximum atomic E-state index is 8.61. The Morgan fingerprint density at radius 1 is 1.24 bits per heavy atom. The van der Waals surface area contributed by atoms with Gasteiger partial charge in [-0.15, -0.1) is 0 Å². The fourth-order valence-electron chi connectivity index (χ4n) is 1.95. The Kier molecular flexibility index (Phi) is 7.93. The molecule has 1 N–H and O–H groups in total. The van der Waals surface area contributed by atoms with E-state index in [1.54, 1.807) is 12.1 Å². The summed E-state index contributed by atoms with van der Waals surface area (Å²) in [6.45, 7) is 9.96. The lowest BCUT2D eigenvalue weighted by molar-refractivity contribution is 0.214. The molecule has 0 atom stereocenters. The van der Waals surface area contributed by atoms with Crippen molar-refractivity contribution in [2.75, 3.05) is 32.8 Å². The van der Waals surface area contributed by atoms with Crippen molar-refractivity contribution in [1.82, 2.24) is 4.90 Å². The normalized spacial score (nSPS) is 11.3. The molecule has 0 saturated carbocycles. The van der Waals surface area contributed by atoms with Gasteiger partial charge in [0.2, 0.25) is 0 Å². The lowest BCUT2D eigenvalue weighted by atomic mass is 10.2. The number of ether oxygens (including phenoxy) is 2. The summed E-state index contributed by atoms with van der Waals surface area (Å²) in [5.41, 5.74) is 0.655. The van der Waals surface area contributed by atoms with Crippen molar-refractivity contribution in [1.29, 1.82) is 0 Å². The smallest absolute Gasteiger partial charge is 0.179 e. The van der Waals surface area contributed by atoms with E-state index in [4.69, 9.17) is 26.3 Å². The molecule has 21 heavy (non-hydrogen) atoms. The lowest BCUT2D eigenvalue weighted by Crippen LogP contribution is -2.28. The molecule has 118 valence electrons. The number of halogens is 1. The van der Waals surface area contributed by atoms with E-state index >= 15 is 0 Å². The summed E-state index contributed by atoms with van der Waals surface area (Å²) in [6, 6.07) is 3.42. The second-order valence-corrected chi connectivity index (χ2v) is 4.79.